The molecule has 0 aliphatic rings. The molecule has 1 heterocycles. The van der Waals surface area contributed by atoms with Crippen LogP contribution in [0, 0.1) is 5.82 Å². The first-order valence-corrected chi connectivity index (χ1v) is 7.66. The van der Waals surface area contributed by atoms with Crippen LogP contribution in [-0.2, 0) is 0 Å². The third-order valence-corrected chi connectivity index (χ3v) is 4.29. The summed E-state index contributed by atoms with van der Waals surface area (Å²) in [6.45, 7) is 4.85. The molecular weight excluding hydrogens is 275 g/mol. The van der Waals surface area contributed by atoms with E-state index in [0.717, 1.165) is 22.0 Å². The average Bonchev–Trinajstić information content (AvgIpc) is 2.92. The van der Waals surface area contributed by atoms with E-state index in [2.05, 4.69) is 43.1 Å². The van der Waals surface area contributed by atoms with E-state index >= 15 is 0 Å². The smallest absolute Gasteiger partial charge is 0.123 e. The SMILES string of the molecule is CC(C)c1ccc([C@@H](CN)c2c[nH]c3ccc(F)cc23)cc1. The molecule has 3 N–H and O–H groups in total. The molecule has 1 atom stereocenters. The number of halogens is 1. The normalized spacial score (nSPS) is 13.0. The van der Waals surface area contributed by atoms with Crippen molar-refractivity contribution < 1.29 is 4.39 Å². The Morgan fingerprint density at radius 2 is 1.73 bits per heavy atom. The Hall–Kier alpha value is -2.13. The fraction of sp³-hybridized carbons (Fsp3) is 0.263. The molecule has 22 heavy (non-hydrogen) atoms. The number of nitrogens with one attached hydrogen (secondary N) is 1. The largest absolute Gasteiger partial charge is 0.361 e. The third kappa shape index (κ3) is 2.64. The molecule has 3 rings (SSSR count). The van der Waals surface area contributed by atoms with Gasteiger partial charge in [-0.15, -0.1) is 0 Å². The predicted molar refractivity (Wildman–Crippen MR) is 89.7 cm³/mol. The van der Waals surface area contributed by atoms with Gasteiger partial charge in [0.15, 0.2) is 0 Å². The summed E-state index contributed by atoms with van der Waals surface area (Å²) < 4.78 is 13.6. The highest BCUT2D eigenvalue weighted by molar-refractivity contribution is 5.84. The lowest BCUT2D eigenvalue weighted by Gasteiger charge is -2.16. The number of nitrogens with two attached hydrogens (primary N) is 1. The van der Waals surface area contributed by atoms with Gasteiger partial charge >= 0.3 is 0 Å². The van der Waals surface area contributed by atoms with E-state index in [1.165, 1.54) is 11.6 Å². The first-order valence-electron chi connectivity index (χ1n) is 7.66. The Balaban J connectivity index is 2.04. The van der Waals surface area contributed by atoms with Crippen molar-refractivity contribution in [3.8, 4) is 0 Å². The Kier molecular flexibility index (Phi) is 3.99. The van der Waals surface area contributed by atoms with Gasteiger partial charge in [-0.2, -0.15) is 0 Å². The summed E-state index contributed by atoms with van der Waals surface area (Å²) in [7, 11) is 0. The molecule has 0 aliphatic heterocycles. The molecule has 2 aromatic carbocycles. The van der Waals surface area contributed by atoms with Gasteiger partial charge < -0.3 is 10.7 Å². The van der Waals surface area contributed by atoms with E-state index in [0.29, 0.717) is 12.5 Å². The van der Waals surface area contributed by atoms with E-state index in [9.17, 15) is 4.39 Å². The molecular formula is C19H21FN2. The molecule has 114 valence electrons. The number of hydrogen-bond acceptors (Lipinski definition) is 1. The van der Waals surface area contributed by atoms with Crippen molar-refractivity contribution in [1.29, 1.82) is 0 Å². The number of aromatic nitrogens is 1. The number of rotatable bonds is 4. The lowest BCUT2D eigenvalue weighted by molar-refractivity contribution is 0.629. The fourth-order valence-electron chi connectivity index (χ4n) is 2.96. The molecule has 1 aromatic heterocycles. The maximum absolute atomic E-state index is 13.6. The van der Waals surface area contributed by atoms with Gasteiger partial charge in [0.1, 0.15) is 5.82 Å². The van der Waals surface area contributed by atoms with Crippen LogP contribution in [-0.4, -0.2) is 11.5 Å². The van der Waals surface area contributed by atoms with E-state index in [4.69, 9.17) is 5.73 Å². The summed E-state index contributed by atoms with van der Waals surface area (Å²) in [5.74, 6) is 0.351. The number of fused-ring (bicyclic) bond motifs is 1. The monoisotopic (exact) mass is 296 g/mol. The van der Waals surface area contributed by atoms with Crippen molar-refractivity contribution in [1.82, 2.24) is 4.98 Å². The van der Waals surface area contributed by atoms with Crippen LogP contribution in [0.1, 0.15) is 42.4 Å². The van der Waals surface area contributed by atoms with Crippen LogP contribution < -0.4 is 5.73 Å². The van der Waals surface area contributed by atoms with Gasteiger partial charge in [-0.3, -0.25) is 0 Å². The van der Waals surface area contributed by atoms with Crippen molar-refractivity contribution in [2.24, 2.45) is 5.73 Å². The summed E-state index contributed by atoms with van der Waals surface area (Å²) in [5.41, 5.74) is 10.5. The summed E-state index contributed by atoms with van der Waals surface area (Å²) in [6, 6.07) is 13.4. The quantitative estimate of drug-likeness (QED) is 0.730. The predicted octanol–water partition coefficient (Wildman–Crippen LogP) is 4.52. The molecule has 0 aliphatic carbocycles. The minimum absolute atomic E-state index is 0.0664. The highest BCUT2D eigenvalue weighted by Gasteiger charge is 2.17. The maximum Gasteiger partial charge on any atom is 0.123 e. The van der Waals surface area contributed by atoms with E-state index < -0.39 is 0 Å². The lowest BCUT2D eigenvalue weighted by Crippen LogP contribution is -2.13. The molecule has 0 radical (unpaired) electrons. The van der Waals surface area contributed by atoms with Crippen molar-refractivity contribution >= 4 is 10.9 Å². The lowest BCUT2D eigenvalue weighted by atomic mass is 9.89. The first kappa shape index (κ1) is 14.8. The molecule has 2 nitrogen and oxygen atoms in total. The van der Waals surface area contributed by atoms with Crippen LogP contribution in [0.3, 0.4) is 0 Å². The summed E-state index contributed by atoms with van der Waals surface area (Å²) >= 11 is 0. The molecule has 0 unspecified atom stereocenters. The third-order valence-electron chi connectivity index (χ3n) is 4.29. The number of aromatic amines is 1. The second-order valence-corrected chi connectivity index (χ2v) is 6.04. The zero-order chi connectivity index (χ0) is 15.7. The van der Waals surface area contributed by atoms with E-state index in [1.807, 2.05) is 6.20 Å². The standard InChI is InChI=1S/C19H21FN2/c1-12(2)13-3-5-14(6-4-13)17(10-21)18-11-22-19-8-7-15(20)9-16(18)19/h3-9,11-12,17,22H,10,21H2,1-2H3/t17-/m1/s1. The molecule has 0 saturated heterocycles. The maximum atomic E-state index is 13.6. The zero-order valence-electron chi connectivity index (χ0n) is 12.9. The molecule has 0 spiro atoms. The minimum Gasteiger partial charge on any atom is -0.361 e. The van der Waals surface area contributed by atoms with Crippen LogP contribution in [0.4, 0.5) is 4.39 Å². The van der Waals surface area contributed by atoms with Gasteiger partial charge in [-0.25, -0.2) is 4.39 Å². The minimum atomic E-state index is -0.223. The Morgan fingerprint density at radius 1 is 1.05 bits per heavy atom. The molecule has 0 fully saturated rings. The van der Waals surface area contributed by atoms with Gasteiger partial charge in [0.2, 0.25) is 0 Å². The Morgan fingerprint density at radius 3 is 2.36 bits per heavy atom. The van der Waals surface area contributed by atoms with Crippen LogP contribution in [0.2, 0.25) is 0 Å². The number of hydrogen-bond donors (Lipinski definition) is 2. The fourth-order valence-corrected chi connectivity index (χ4v) is 2.96. The van der Waals surface area contributed by atoms with E-state index in [-0.39, 0.29) is 11.7 Å². The average molecular weight is 296 g/mol. The van der Waals surface area contributed by atoms with Crippen molar-refractivity contribution in [3.05, 3.63) is 71.2 Å². The Labute approximate surface area is 130 Å². The van der Waals surface area contributed by atoms with Crippen LogP contribution in [0.25, 0.3) is 10.9 Å². The summed E-state index contributed by atoms with van der Waals surface area (Å²) in [4.78, 5) is 3.21. The molecule has 0 bridgehead atoms. The molecule has 0 saturated carbocycles. The Bertz CT molecular complexity index is 772. The van der Waals surface area contributed by atoms with Crippen LogP contribution in [0.15, 0.2) is 48.7 Å². The zero-order valence-corrected chi connectivity index (χ0v) is 12.9. The van der Waals surface area contributed by atoms with Crippen molar-refractivity contribution in [2.45, 2.75) is 25.7 Å². The van der Waals surface area contributed by atoms with Crippen LogP contribution >= 0.6 is 0 Å². The molecule has 3 aromatic rings. The summed E-state index contributed by atoms with van der Waals surface area (Å²) in [5, 5.41) is 0.906. The van der Waals surface area contributed by atoms with E-state index in [1.54, 1.807) is 12.1 Å². The highest BCUT2D eigenvalue weighted by Crippen LogP contribution is 2.31. The van der Waals surface area contributed by atoms with Crippen molar-refractivity contribution in [2.75, 3.05) is 6.54 Å². The van der Waals surface area contributed by atoms with Gasteiger partial charge in [0.05, 0.1) is 0 Å². The molecule has 3 heteroatoms. The van der Waals surface area contributed by atoms with Gasteiger partial charge in [0.25, 0.3) is 0 Å². The van der Waals surface area contributed by atoms with Gasteiger partial charge in [-0.05, 0) is 40.8 Å². The van der Waals surface area contributed by atoms with Gasteiger partial charge in [-0.1, -0.05) is 38.1 Å². The highest BCUT2D eigenvalue weighted by atomic mass is 19.1. The van der Waals surface area contributed by atoms with Crippen molar-refractivity contribution in [3.63, 3.8) is 0 Å². The second kappa shape index (κ2) is 5.93. The summed E-state index contributed by atoms with van der Waals surface area (Å²) in [6.07, 6.45) is 1.94. The second-order valence-electron chi connectivity index (χ2n) is 6.04. The number of H-pyrrole nitrogens is 1. The number of benzene rings is 2. The van der Waals surface area contributed by atoms with Crippen LogP contribution in [0.5, 0.6) is 0 Å². The molecule has 0 amide bonds. The van der Waals surface area contributed by atoms with Gasteiger partial charge in [0, 0.05) is 29.6 Å². The first-order chi connectivity index (χ1) is 10.6. The topological polar surface area (TPSA) is 41.8 Å².